The molecule has 7 nitrogen and oxygen atoms in total. The quantitative estimate of drug-likeness (QED) is 0.296. The zero-order valence-electron chi connectivity index (χ0n) is 18.6. The lowest BCUT2D eigenvalue weighted by Crippen LogP contribution is -2.15. The summed E-state index contributed by atoms with van der Waals surface area (Å²) in [5.74, 6) is 1.85. The predicted octanol–water partition coefficient (Wildman–Crippen LogP) is 5.80. The molecular weight excluding hydrogens is 472 g/mol. The average Bonchev–Trinajstić information content (AvgIpc) is 3.29. The molecule has 34 heavy (non-hydrogen) atoms. The van der Waals surface area contributed by atoms with Gasteiger partial charge >= 0.3 is 0 Å². The number of thioether (sulfide) groups is 1. The highest BCUT2D eigenvalue weighted by Crippen LogP contribution is 2.32. The van der Waals surface area contributed by atoms with Gasteiger partial charge in [0, 0.05) is 16.4 Å². The van der Waals surface area contributed by atoms with Gasteiger partial charge in [-0.2, -0.15) is 0 Å². The highest BCUT2D eigenvalue weighted by atomic mass is 35.5. The van der Waals surface area contributed by atoms with E-state index in [9.17, 15) is 4.79 Å². The number of para-hydroxylation sites is 3. The molecule has 0 spiro atoms. The van der Waals surface area contributed by atoms with Gasteiger partial charge in [0.15, 0.2) is 28.6 Å². The Labute approximate surface area is 207 Å². The molecular formula is C25H23ClN4O3S. The van der Waals surface area contributed by atoms with E-state index in [0.29, 0.717) is 33.2 Å². The molecule has 174 valence electrons. The molecule has 4 aromatic rings. The van der Waals surface area contributed by atoms with Crippen LogP contribution in [0.25, 0.3) is 5.69 Å². The van der Waals surface area contributed by atoms with Crippen LogP contribution in [-0.4, -0.2) is 33.5 Å². The number of benzene rings is 3. The topological polar surface area (TPSA) is 78.3 Å². The smallest absolute Gasteiger partial charge is 0.234 e. The molecule has 1 aromatic heterocycles. The predicted molar refractivity (Wildman–Crippen MR) is 134 cm³/mol. The number of nitrogens with one attached hydrogen (secondary N) is 1. The van der Waals surface area contributed by atoms with Crippen molar-refractivity contribution in [3.8, 4) is 17.2 Å². The van der Waals surface area contributed by atoms with E-state index in [1.807, 2.05) is 66.1 Å². The Bertz CT molecular complexity index is 1250. The molecule has 0 aliphatic carbocycles. The zero-order valence-corrected chi connectivity index (χ0v) is 20.2. The van der Waals surface area contributed by atoms with E-state index >= 15 is 0 Å². The minimum atomic E-state index is -0.429. The number of halogens is 1. The van der Waals surface area contributed by atoms with Gasteiger partial charge in [-0.1, -0.05) is 53.7 Å². The van der Waals surface area contributed by atoms with Crippen LogP contribution in [0.5, 0.6) is 11.5 Å². The van der Waals surface area contributed by atoms with Gasteiger partial charge in [0.2, 0.25) is 5.91 Å². The summed E-state index contributed by atoms with van der Waals surface area (Å²) >= 11 is 7.20. The third-order valence-corrected chi connectivity index (χ3v) is 6.05. The number of carbonyl (C=O) groups excluding carboxylic acids is 1. The van der Waals surface area contributed by atoms with Gasteiger partial charge in [-0.25, -0.2) is 0 Å². The van der Waals surface area contributed by atoms with E-state index in [0.717, 1.165) is 5.69 Å². The first-order valence-electron chi connectivity index (χ1n) is 10.5. The van der Waals surface area contributed by atoms with Gasteiger partial charge in [-0.3, -0.25) is 9.36 Å². The van der Waals surface area contributed by atoms with Crippen molar-refractivity contribution in [1.29, 1.82) is 0 Å². The minimum Gasteiger partial charge on any atom is -0.493 e. The Morgan fingerprint density at radius 3 is 2.38 bits per heavy atom. The number of hydrogen-bond acceptors (Lipinski definition) is 6. The molecule has 9 heteroatoms. The Balaban J connectivity index is 1.54. The van der Waals surface area contributed by atoms with E-state index in [1.54, 1.807) is 31.4 Å². The largest absolute Gasteiger partial charge is 0.493 e. The van der Waals surface area contributed by atoms with Gasteiger partial charge in [0.05, 0.1) is 12.9 Å². The van der Waals surface area contributed by atoms with Crippen LogP contribution in [0.1, 0.15) is 18.9 Å². The number of aromatic nitrogens is 3. The molecule has 0 saturated carbocycles. The van der Waals surface area contributed by atoms with Gasteiger partial charge in [0.25, 0.3) is 0 Å². The summed E-state index contributed by atoms with van der Waals surface area (Å²) in [5, 5.41) is 12.8. The van der Waals surface area contributed by atoms with Crippen LogP contribution in [0.3, 0.4) is 0 Å². The van der Waals surface area contributed by atoms with Gasteiger partial charge in [-0.15, -0.1) is 10.2 Å². The summed E-state index contributed by atoms with van der Waals surface area (Å²) in [6.45, 7) is 1.90. The Morgan fingerprint density at radius 1 is 1.00 bits per heavy atom. The van der Waals surface area contributed by atoms with Crippen LogP contribution >= 0.6 is 23.4 Å². The molecule has 0 bridgehead atoms. The molecule has 4 rings (SSSR count). The van der Waals surface area contributed by atoms with E-state index < -0.39 is 6.10 Å². The molecule has 3 aromatic carbocycles. The molecule has 0 saturated heterocycles. The van der Waals surface area contributed by atoms with Crippen LogP contribution in [-0.2, 0) is 4.79 Å². The molecule has 1 N–H and O–H groups in total. The normalized spacial score (nSPS) is 11.6. The SMILES string of the molecule is COc1ccccc1OC(C)c1nnc(SCC(=O)Nc2ccc(Cl)cc2)n1-c1ccccc1. The molecule has 0 aliphatic heterocycles. The number of carbonyl (C=O) groups is 1. The molecule has 1 atom stereocenters. The number of ether oxygens (including phenoxy) is 2. The van der Waals surface area contributed by atoms with Crippen LogP contribution in [0.2, 0.25) is 5.02 Å². The molecule has 1 unspecified atom stereocenters. The third-order valence-electron chi connectivity index (χ3n) is 4.87. The monoisotopic (exact) mass is 494 g/mol. The minimum absolute atomic E-state index is 0.158. The first kappa shape index (κ1) is 23.7. The van der Waals surface area contributed by atoms with Gasteiger partial charge < -0.3 is 14.8 Å². The maximum Gasteiger partial charge on any atom is 0.234 e. The summed E-state index contributed by atoms with van der Waals surface area (Å²) in [7, 11) is 1.60. The lowest BCUT2D eigenvalue weighted by molar-refractivity contribution is -0.113. The van der Waals surface area contributed by atoms with E-state index in [1.165, 1.54) is 11.8 Å². The number of rotatable bonds is 9. The molecule has 1 heterocycles. The van der Waals surface area contributed by atoms with Crippen molar-refractivity contribution in [2.24, 2.45) is 0 Å². The van der Waals surface area contributed by atoms with Crippen molar-refractivity contribution in [2.75, 3.05) is 18.2 Å². The first-order chi connectivity index (χ1) is 16.5. The fourth-order valence-electron chi connectivity index (χ4n) is 3.28. The molecule has 0 radical (unpaired) electrons. The lowest BCUT2D eigenvalue weighted by Gasteiger charge is -2.18. The zero-order chi connectivity index (χ0) is 23.9. The first-order valence-corrected chi connectivity index (χ1v) is 11.9. The maximum atomic E-state index is 12.5. The van der Waals surface area contributed by atoms with Crippen LogP contribution in [0, 0.1) is 0 Å². The second-order valence-corrected chi connectivity index (χ2v) is 8.65. The van der Waals surface area contributed by atoms with Crippen molar-refractivity contribution >= 4 is 35.0 Å². The number of methoxy groups -OCH3 is 1. The summed E-state index contributed by atoms with van der Waals surface area (Å²) in [6, 6.07) is 24.1. The summed E-state index contributed by atoms with van der Waals surface area (Å²) < 4.78 is 13.5. The molecule has 0 aliphatic rings. The van der Waals surface area contributed by atoms with E-state index in [2.05, 4.69) is 15.5 Å². The van der Waals surface area contributed by atoms with Crippen molar-refractivity contribution < 1.29 is 14.3 Å². The fourth-order valence-corrected chi connectivity index (χ4v) is 4.16. The van der Waals surface area contributed by atoms with Crippen molar-refractivity contribution in [3.63, 3.8) is 0 Å². The van der Waals surface area contributed by atoms with Gasteiger partial charge in [0.1, 0.15) is 0 Å². The summed E-state index contributed by atoms with van der Waals surface area (Å²) in [6.07, 6.45) is -0.429. The van der Waals surface area contributed by atoms with E-state index in [-0.39, 0.29) is 11.7 Å². The summed E-state index contributed by atoms with van der Waals surface area (Å²) in [5.41, 5.74) is 1.55. The highest BCUT2D eigenvalue weighted by molar-refractivity contribution is 7.99. The second kappa shape index (κ2) is 11.1. The Morgan fingerprint density at radius 2 is 1.68 bits per heavy atom. The van der Waals surface area contributed by atoms with Crippen molar-refractivity contribution in [2.45, 2.75) is 18.2 Å². The maximum absolute atomic E-state index is 12.5. The lowest BCUT2D eigenvalue weighted by atomic mass is 10.3. The average molecular weight is 495 g/mol. The summed E-state index contributed by atoms with van der Waals surface area (Å²) in [4.78, 5) is 12.5. The third kappa shape index (κ3) is 5.70. The fraction of sp³-hybridized carbons (Fsp3) is 0.160. The van der Waals surface area contributed by atoms with Crippen LogP contribution < -0.4 is 14.8 Å². The van der Waals surface area contributed by atoms with Crippen LogP contribution in [0.4, 0.5) is 5.69 Å². The number of hydrogen-bond donors (Lipinski definition) is 1. The molecule has 1 amide bonds. The standard InChI is InChI=1S/C25H23ClN4O3S/c1-17(33-22-11-7-6-10-21(22)32-2)24-28-29-25(30(24)20-8-4-3-5-9-20)34-16-23(31)27-19-14-12-18(26)13-15-19/h3-15,17H,16H2,1-2H3,(H,27,31). The van der Waals surface area contributed by atoms with Crippen molar-refractivity contribution in [3.05, 3.63) is 89.7 Å². The van der Waals surface area contributed by atoms with Gasteiger partial charge in [-0.05, 0) is 55.5 Å². The van der Waals surface area contributed by atoms with E-state index in [4.69, 9.17) is 21.1 Å². The van der Waals surface area contributed by atoms with Crippen LogP contribution in [0.15, 0.2) is 84.0 Å². The highest BCUT2D eigenvalue weighted by Gasteiger charge is 2.22. The van der Waals surface area contributed by atoms with Crippen molar-refractivity contribution in [1.82, 2.24) is 14.8 Å². The number of amides is 1. The Hall–Kier alpha value is -3.49. The molecule has 0 fully saturated rings. The number of anilines is 1. The second-order valence-electron chi connectivity index (χ2n) is 7.27. The Kier molecular flexibility index (Phi) is 7.72. The number of nitrogens with zero attached hydrogens (tertiary/aromatic N) is 3.